The molecule has 0 heterocycles. The van der Waals surface area contributed by atoms with Gasteiger partial charge in [0, 0.05) is 12.6 Å². The highest BCUT2D eigenvalue weighted by Gasteiger charge is 2.16. The van der Waals surface area contributed by atoms with Crippen LogP contribution in [0.4, 0.5) is 5.69 Å². The van der Waals surface area contributed by atoms with Crippen LogP contribution in [0.1, 0.15) is 31.2 Å². The van der Waals surface area contributed by atoms with Crippen molar-refractivity contribution >= 4 is 21.6 Å². The van der Waals surface area contributed by atoms with Crippen molar-refractivity contribution in [3.63, 3.8) is 0 Å². The lowest BCUT2D eigenvalue weighted by Gasteiger charge is -2.11. The van der Waals surface area contributed by atoms with E-state index < -0.39 is 4.92 Å². The summed E-state index contributed by atoms with van der Waals surface area (Å²) in [7, 11) is 0. The molecule has 98 valence electrons. The number of hydroxylamine groups is 1. The van der Waals surface area contributed by atoms with Gasteiger partial charge in [0.1, 0.15) is 0 Å². The van der Waals surface area contributed by atoms with Crippen LogP contribution in [0, 0.1) is 10.1 Å². The van der Waals surface area contributed by atoms with Gasteiger partial charge in [-0.25, -0.2) is 0 Å². The summed E-state index contributed by atoms with van der Waals surface area (Å²) < 4.78 is 0.493. The highest BCUT2D eigenvalue weighted by molar-refractivity contribution is 9.10. The van der Waals surface area contributed by atoms with Gasteiger partial charge >= 0.3 is 0 Å². The van der Waals surface area contributed by atoms with Crippen LogP contribution in [0.3, 0.4) is 0 Å². The van der Waals surface area contributed by atoms with Crippen molar-refractivity contribution in [1.29, 1.82) is 0 Å². The van der Waals surface area contributed by atoms with Crippen molar-refractivity contribution in [3.8, 4) is 0 Å². The van der Waals surface area contributed by atoms with Crippen LogP contribution in [-0.4, -0.2) is 11.0 Å². The van der Waals surface area contributed by atoms with Gasteiger partial charge in [0.05, 0.1) is 15.5 Å². The molecule has 5 nitrogen and oxygen atoms in total. The summed E-state index contributed by atoms with van der Waals surface area (Å²) in [5.41, 5.74) is 3.81. The Balaban J connectivity index is 1.88. The fraction of sp³-hybridized carbons (Fsp3) is 0.500. The molecule has 0 spiro atoms. The molecule has 0 unspecified atom stereocenters. The monoisotopic (exact) mass is 314 g/mol. The average molecular weight is 315 g/mol. The minimum atomic E-state index is -0.397. The maximum absolute atomic E-state index is 10.8. The van der Waals surface area contributed by atoms with Crippen molar-refractivity contribution in [2.24, 2.45) is 0 Å². The number of nitro groups is 1. The summed E-state index contributed by atoms with van der Waals surface area (Å²) >= 11 is 3.16. The second-order valence-corrected chi connectivity index (χ2v) is 5.24. The molecule has 1 N–H and O–H groups in total. The van der Waals surface area contributed by atoms with E-state index in [9.17, 15) is 10.1 Å². The van der Waals surface area contributed by atoms with Crippen LogP contribution in [0.25, 0.3) is 0 Å². The van der Waals surface area contributed by atoms with E-state index in [1.54, 1.807) is 12.1 Å². The van der Waals surface area contributed by atoms with Crippen LogP contribution in [0.5, 0.6) is 0 Å². The van der Waals surface area contributed by atoms with Crippen LogP contribution < -0.4 is 5.48 Å². The number of nitrogens with zero attached hydrogens (tertiary/aromatic N) is 1. The van der Waals surface area contributed by atoms with Crippen LogP contribution in [0.15, 0.2) is 22.7 Å². The number of hydrogen-bond donors (Lipinski definition) is 1. The lowest BCUT2D eigenvalue weighted by Crippen LogP contribution is -2.21. The van der Waals surface area contributed by atoms with E-state index >= 15 is 0 Å². The predicted octanol–water partition coefficient (Wildman–Crippen LogP) is 3.32. The summed E-state index contributed by atoms with van der Waals surface area (Å²) in [4.78, 5) is 15.9. The van der Waals surface area contributed by atoms with E-state index in [2.05, 4.69) is 21.4 Å². The molecule has 0 radical (unpaired) electrons. The van der Waals surface area contributed by atoms with Gasteiger partial charge in [-0.15, -0.1) is 0 Å². The number of nitro benzene ring substituents is 1. The van der Waals surface area contributed by atoms with Crippen LogP contribution >= 0.6 is 15.9 Å². The highest BCUT2D eigenvalue weighted by Crippen LogP contribution is 2.25. The molecule has 0 aliphatic heterocycles. The first-order chi connectivity index (χ1) is 8.66. The highest BCUT2D eigenvalue weighted by atomic mass is 79.9. The third-order valence-corrected chi connectivity index (χ3v) is 3.71. The molecule has 1 aliphatic carbocycles. The van der Waals surface area contributed by atoms with Gasteiger partial charge in [0.25, 0.3) is 5.69 Å². The molecule has 2 rings (SSSR count). The molecule has 0 saturated heterocycles. The Morgan fingerprint density at radius 1 is 1.44 bits per heavy atom. The quantitative estimate of drug-likeness (QED) is 0.669. The molecular formula is C12H15BrN2O3. The maximum atomic E-state index is 10.8. The summed E-state index contributed by atoms with van der Waals surface area (Å²) in [5, 5.41) is 10.8. The second kappa shape index (κ2) is 6.26. The van der Waals surface area contributed by atoms with E-state index in [1.165, 1.54) is 12.8 Å². The molecule has 0 aromatic heterocycles. The Morgan fingerprint density at radius 3 is 2.83 bits per heavy atom. The third kappa shape index (κ3) is 3.51. The zero-order valence-electron chi connectivity index (χ0n) is 9.89. The smallest absolute Gasteiger partial charge is 0.283 e. The Morgan fingerprint density at radius 2 is 2.17 bits per heavy atom. The summed E-state index contributed by atoms with van der Waals surface area (Å²) in [6.45, 7) is 0.477. The first-order valence-electron chi connectivity index (χ1n) is 5.98. The zero-order valence-corrected chi connectivity index (χ0v) is 11.5. The molecular weight excluding hydrogens is 300 g/mol. The zero-order chi connectivity index (χ0) is 13.0. The van der Waals surface area contributed by atoms with E-state index in [0.29, 0.717) is 11.0 Å². The lowest BCUT2D eigenvalue weighted by molar-refractivity contribution is -0.385. The third-order valence-electron chi connectivity index (χ3n) is 3.04. The van der Waals surface area contributed by atoms with Crippen molar-refractivity contribution in [2.75, 3.05) is 0 Å². The number of hydrogen-bond acceptors (Lipinski definition) is 4. The normalized spacial score (nSPS) is 16.1. The molecule has 1 aromatic carbocycles. The fourth-order valence-corrected chi connectivity index (χ4v) is 2.45. The van der Waals surface area contributed by atoms with Crippen molar-refractivity contribution in [2.45, 2.75) is 38.3 Å². The first-order valence-corrected chi connectivity index (χ1v) is 6.77. The minimum Gasteiger partial charge on any atom is -0.298 e. The summed E-state index contributed by atoms with van der Waals surface area (Å²) in [6.07, 6.45) is 4.91. The fourth-order valence-electron chi connectivity index (χ4n) is 2.06. The average Bonchev–Trinajstić information content (AvgIpc) is 2.84. The minimum absolute atomic E-state index is 0.0789. The summed E-state index contributed by atoms with van der Waals surface area (Å²) in [5.74, 6) is 0. The van der Waals surface area contributed by atoms with E-state index in [4.69, 9.17) is 4.84 Å². The molecule has 1 aromatic rings. The summed E-state index contributed by atoms with van der Waals surface area (Å²) in [6, 6.07) is 5.07. The van der Waals surface area contributed by atoms with Gasteiger partial charge in [0.15, 0.2) is 0 Å². The Hall–Kier alpha value is -0.980. The molecule has 1 saturated carbocycles. The van der Waals surface area contributed by atoms with Gasteiger partial charge in [0.2, 0.25) is 0 Å². The molecule has 6 heteroatoms. The van der Waals surface area contributed by atoms with Crippen LogP contribution in [-0.2, 0) is 11.4 Å². The molecule has 1 fully saturated rings. The predicted molar refractivity (Wildman–Crippen MR) is 71.0 cm³/mol. The van der Waals surface area contributed by atoms with E-state index in [0.717, 1.165) is 18.4 Å². The van der Waals surface area contributed by atoms with E-state index in [-0.39, 0.29) is 11.8 Å². The van der Waals surface area contributed by atoms with Gasteiger partial charge < -0.3 is 0 Å². The Labute approximate surface area is 114 Å². The topological polar surface area (TPSA) is 64.4 Å². The molecule has 1 aliphatic rings. The van der Waals surface area contributed by atoms with Gasteiger partial charge in [-0.1, -0.05) is 18.9 Å². The number of nitrogens with one attached hydrogen (secondary N) is 1. The SMILES string of the molecule is O=[N+]([O-])c1cc(CNOC2CCCC2)ccc1Br. The largest absolute Gasteiger partial charge is 0.298 e. The maximum Gasteiger partial charge on any atom is 0.283 e. The molecule has 18 heavy (non-hydrogen) atoms. The van der Waals surface area contributed by atoms with Gasteiger partial charge in [-0.05, 0) is 40.4 Å². The molecule has 0 atom stereocenters. The number of rotatable bonds is 5. The second-order valence-electron chi connectivity index (χ2n) is 4.39. The van der Waals surface area contributed by atoms with Crippen molar-refractivity contribution in [1.82, 2.24) is 5.48 Å². The standard InChI is InChI=1S/C12H15BrN2O3/c13-11-6-5-9(7-12(11)15(16)17)8-14-18-10-3-1-2-4-10/h5-7,10,14H,1-4,8H2. The van der Waals surface area contributed by atoms with Gasteiger partial charge in [-0.2, -0.15) is 5.48 Å². The van der Waals surface area contributed by atoms with Crippen molar-refractivity contribution in [3.05, 3.63) is 38.3 Å². The van der Waals surface area contributed by atoms with E-state index in [1.807, 2.05) is 6.07 Å². The van der Waals surface area contributed by atoms with Gasteiger partial charge in [-0.3, -0.25) is 15.0 Å². The van der Waals surface area contributed by atoms with Crippen LogP contribution in [0.2, 0.25) is 0 Å². The number of benzene rings is 1. The number of halogens is 1. The van der Waals surface area contributed by atoms with Crippen molar-refractivity contribution < 1.29 is 9.76 Å². The first kappa shape index (κ1) is 13.5. The molecule has 0 bridgehead atoms. The Kier molecular flexibility index (Phi) is 4.68. The Bertz CT molecular complexity index is 433. The molecule has 0 amide bonds. The lowest BCUT2D eigenvalue weighted by atomic mass is 10.2.